The molecule has 0 spiro atoms. The van der Waals surface area contributed by atoms with E-state index in [9.17, 15) is 4.79 Å². The van der Waals surface area contributed by atoms with Crippen LogP contribution in [0.15, 0.2) is 79.1 Å². The third-order valence-electron chi connectivity index (χ3n) is 6.34. The molecule has 0 radical (unpaired) electrons. The summed E-state index contributed by atoms with van der Waals surface area (Å²) in [4.78, 5) is 20.1. The Kier molecular flexibility index (Phi) is 5.76. The van der Waals surface area contributed by atoms with E-state index < -0.39 is 0 Å². The van der Waals surface area contributed by atoms with Crippen LogP contribution < -0.4 is 14.4 Å². The third kappa shape index (κ3) is 3.79. The van der Waals surface area contributed by atoms with Crippen molar-refractivity contribution in [2.24, 2.45) is 0 Å². The highest BCUT2D eigenvalue weighted by Crippen LogP contribution is 2.44. The minimum atomic E-state index is -0.258. The first kappa shape index (κ1) is 21.7. The first-order valence-electron chi connectivity index (χ1n) is 11.2. The molecule has 1 aliphatic heterocycles. The highest BCUT2D eigenvalue weighted by molar-refractivity contribution is 6.06. The van der Waals surface area contributed by atoms with Crippen molar-refractivity contribution in [1.29, 1.82) is 0 Å². The van der Waals surface area contributed by atoms with Gasteiger partial charge in [0.15, 0.2) is 0 Å². The zero-order valence-electron chi connectivity index (χ0n) is 19.4. The van der Waals surface area contributed by atoms with Crippen molar-refractivity contribution >= 4 is 11.9 Å². The van der Waals surface area contributed by atoms with E-state index in [1.807, 2.05) is 84.4 Å². The van der Waals surface area contributed by atoms with Crippen LogP contribution >= 0.6 is 0 Å². The summed E-state index contributed by atoms with van der Waals surface area (Å²) in [6, 6.07) is 23.0. The summed E-state index contributed by atoms with van der Waals surface area (Å²) in [6.07, 6.45) is 2.12. The van der Waals surface area contributed by atoms with E-state index in [2.05, 4.69) is 10.1 Å². The molecule has 2 atom stereocenters. The van der Waals surface area contributed by atoms with Gasteiger partial charge in [0, 0.05) is 11.1 Å². The van der Waals surface area contributed by atoms with E-state index >= 15 is 0 Å². The largest absolute Gasteiger partial charge is 0.497 e. The number of amides is 1. The van der Waals surface area contributed by atoms with Crippen LogP contribution in [-0.4, -0.2) is 34.9 Å². The van der Waals surface area contributed by atoms with E-state index in [1.54, 1.807) is 19.1 Å². The number of methoxy groups -OCH3 is 2. The number of fused-ring (bicyclic) bond motifs is 1. The van der Waals surface area contributed by atoms with E-state index in [-0.39, 0.29) is 18.0 Å². The number of carbonyl (C=O) groups excluding carboxylic acids is 1. The second-order valence-electron chi connectivity index (χ2n) is 8.33. The molecule has 1 aromatic heterocycles. The van der Waals surface area contributed by atoms with Gasteiger partial charge in [0.2, 0.25) is 5.95 Å². The molecule has 0 bridgehead atoms. The van der Waals surface area contributed by atoms with Gasteiger partial charge in [-0.2, -0.15) is 10.1 Å². The van der Waals surface area contributed by atoms with Crippen LogP contribution in [0.1, 0.15) is 45.6 Å². The van der Waals surface area contributed by atoms with Gasteiger partial charge in [0.25, 0.3) is 5.91 Å². The molecule has 0 unspecified atom stereocenters. The van der Waals surface area contributed by atoms with E-state index in [1.165, 1.54) is 6.33 Å². The first-order chi connectivity index (χ1) is 16.6. The maximum Gasteiger partial charge on any atom is 0.261 e. The lowest BCUT2D eigenvalue weighted by molar-refractivity contribution is 0.0963. The molecule has 0 aliphatic carbocycles. The topological polar surface area (TPSA) is 69.5 Å². The van der Waals surface area contributed by atoms with Gasteiger partial charge >= 0.3 is 0 Å². The molecule has 4 aromatic rings. The van der Waals surface area contributed by atoms with Crippen LogP contribution in [0.4, 0.5) is 5.95 Å². The van der Waals surface area contributed by atoms with E-state index in [0.717, 1.165) is 28.2 Å². The molecule has 7 heteroatoms. The third-order valence-corrected chi connectivity index (χ3v) is 6.34. The summed E-state index contributed by atoms with van der Waals surface area (Å²) in [5, 5.41) is 4.52. The van der Waals surface area contributed by atoms with Crippen LogP contribution in [0.25, 0.3) is 0 Å². The average Bonchev–Trinajstić information content (AvgIpc) is 3.38. The predicted molar refractivity (Wildman–Crippen MR) is 129 cm³/mol. The first-order valence-corrected chi connectivity index (χ1v) is 11.2. The van der Waals surface area contributed by atoms with E-state index in [4.69, 9.17) is 9.47 Å². The van der Waals surface area contributed by atoms with Crippen molar-refractivity contribution in [2.45, 2.75) is 25.4 Å². The summed E-state index contributed by atoms with van der Waals surface area (Å²) in [5.74, 6) is 1.93. The molecular weight excluding hydrogens is 428 g/mol. The summed E-state index contributed by atoms with van der Waals surface area (Å²) in [6.45, 7) is 2.00. The number of ether oxygens (including phenoxy) is 2. The molecule has 5 rings (SSSR count). The normalized spacial score (nSPS) is 17.2. The van der Waals surface area contributed by atoms with Gasteiger partial charge in [-0.15, -0.1) is 0 Å². The smallest absolute Gasteiger partial charge is 0.261 e. The molecule has 7 nitrogen and oxygen atoms in total. The Morgan fingerprint density at radius 1 is 0.912 bits per heavy atom. The number of nitrogens with zero attached hydrogens (tertiary/aromatic N) is 4. The minimum absolute atomic E-state index is 0.117. The Labute approximate surface area is 198 Å². The van der Waals surface area contributed by atoms with Gasteiger partial charge in [-0.25, -0.2) is 4.68 Å². The maximum atomic E-state index is 13.8. The number of aryl methyl sites for hydroxylation is 1. The molecule has 172 valence electrons. The van der Waals surface area contributed by atoms with Gasteiger partial charge < -0.3 is 9.47 Å². The molecule has 0 saturated heterocycles. The Morgan fingerprint density at radius 2 is 1.65 bits per heavy atom. The fourth-order valence-electron chi connectivity index (χ4n) is 4.57. The maximum absolute atomic E-state index is 13.8. The molecule has 3 aromatic carbocycles. The van der Waals surface area contributed by atoms with Crippen LogP contribution in [0, 0.1) is 6.92 Å². The Morgan fingerprint density at radius 3 is 2.35 bits per heavy atom. The molecule has 0 fully saturated rings. The highest BCUT2D eigenvalue weighted by atomic mass is 16.5. The molecule has 2 heterocycles. The van der Waals surface area contributed by atoms with Crippen molar-refractivity contribution < 1.29 is 14.3 Å². The van der Waals surface area contributed by atoms with Gasteiger partial charge in [-0.1, -0.05) is 48.0 Å². The highest BCUT2D eigenvalue weighted by Gasteiger charge is 2.40. The average molecular weight is 455 g/mol. The summed E-state index contributed by atoms with van der Waals surface area (Å²) in [5.41, 5.74) is 3.70. The Bertz CT molecular complexity index is 1300. The van der Waals surface area contributed by atoms with Gasteiger partial charge in [0.1, 0.15) is 17.8 Å². The number of benzene rings is 3. The molecular formula is C27H26N4O3. The van der Waals surface area contributed by atoms with Crippen LogP contribution in [0.3, 0.4) is 0 Å². The second kappa shape index (κ2) is 9.02. The summed E-state index contributed by atoms with van der Waals surface area (Å²) >= 11 is 0. The lowest BCUT2D eigenvalue weighted by atomic mass is 9.91. The quantitative estimate of drug-likeness (QED) is 0.425. The van der Waals surface area contributed by atoms with Gasteiger partial charge in [-0.3, -0.25) is 9.69 Å². The Balaban J connectivity index is 1.65. The Hall–Kier alpha value is -4.13. The molecule has 1 amide bonds. The molecule has 34 heavy (non-hydrogen) atoms. The van der Waals surface area contributed by atoms with Crippen LogP contribution in [-0.2, 0) is 0 Å². The number of rotatable bonds is 5. The molecule has 1 aliphatic rings. The monoisotopic (exact) mass is 454 g/mol. The summed E-state index contributed by atoms with van der Waals surface area (Å²) < 4.78 is 12.8. The zero-order valence-corrected chi connectivity index (χ0v) is 19.4. The second-order valence-corrected chi connectivity index (χ2v) is 8.33. The van der Waals surface area contributed by atoms with Crippen molar-refractivity contribution in [3.8, 4) is 11.5 Å². The zero-order chi connectivity index (χ0) is 23.7. The number of carbonyl (C=O) groups is 1. The van der Waals surface area contributed by atoms with Crippen LogP contribution in [0.5, 0.6) is 11.5 Å². The van der Waals surface area contributed by atoms with Crippen molar-refractivity contribution in [2.75, 3.05) is 19.1 Å². The van der Waals surface area contributed by atoms with Gasteiger partial charge in [0.05, 0.1) is 26.3 Å². The van der Waals surface area contributed by atoms with E-state index in [0.29, 0.717) is 17.9 Å². The lowest BCUT2D eigenvalue weighted by Crippen LogP contribution is -2.42. The van der Waals surface area contributed by atoms with Crippen molar-refractivity contribution in [3.05, 3.63) is 101 Å². The summed E-state index contributed by atoms with van der Waals surface area (Å²) in [7, 11) is 3.31. The number of hydrogen-bond acceptors (Lipinski definition) is 5. The number of hydrogen-bond donors (Lipinski definition) is 0. The van der Waals surface area contributed by atoms with Crippen molar-refractivity contribution in [3.63, 3.8) is 0 Å². The van der Waals surface area contributed by atoms with Crippen molar-refractivity contribution in [1.82, 2.24) is 14.8 Å². The standard InChI is InChI=1S/C27H26N4O3/c1-18-8-10-20(11-9-18)26(32)30-23(19-12-14-21(33-2)15-13-19)16-24(31-27(30)28-17-29-31)22-6-4-5-7-25(22)34-3/h4-15,17,23-24H,16H2,1-3H3/t23-,24+/m0/s1. The number of aromatic nitrogens is 3. The predicted octanol–water partition coefficient (Wildman–Crippen LogP) is 4.98. The number of anilines is 1. The molecule has 0 saturated carbocycles. The van der Waals surface area contributed by atoms with Crippen LogP contribution in [0.2, 0.25) is 0 Å². The van der Waals surface area contributed by atoms with Gasteiger partial charge in [-0.05, 0) is 49.2 Å². The minimum Gasteiger partial charge on any atom is -0.497 e. The lowest BCUT2D eigenvalue weighted by Gasteiger charge is -2.39. The fourth-order valence-corrected chi connectivity index (χ4v) is 4.57. The number of para-hydroxylation sites is 1. The molecule has 0 N–H and O–H groups in total. The fraction of sp³-hybridized carbons (Fsp3) is 0.222. The SMILES string of the molecule is COc1ccc([C@@H]2C[C@H](c3ccccc3OC)n3ncnc3N2C(=O)c2ccc(C)cc2)cc1.